The summed E-state index contributed by atoms with van der Waals surface area (Å²) in [5.74, 6) is -1.41. The van der Waals surface area contributed by atoms with Gasteiger partial charge in [0, 0.05) is 5.56 Å². The highest BCUT2D eigenvalue weighted by molar-refractivity contribution is 5.18. The predicted molar refractivity (Wildman–Crippen MR) is 44.2 cm³/mol. The van der Waals surface area contributed by atoms with Crippen molar-refractivity contribution in [3.05, 3.63) is 35.9 Å². The van der Waals surface area contributed by atoms with Gasteiger partial charge < -0.3 is 14.9 Å². The molecule has 0 saturated heterocycles. The molecule has 0 fully saturated rings. The van der Waals surface area contributed by atoms with E-state index >= 15 is 0 Å². The summed E-state index contributed by atoms with van der Waals surface area (Å²) in [6, 6.07) is 8.90. The Labute approximate surface area is 71.2 Å². The van der Waals surface area contributed by atoms with Gasteiger partial charge in [-0.2, -0.15) is 0 Å². The topological polar surface area (TPSA) is 49.7 Å². The zero-order valence-corrected chi connectivity index (χ0v) is 6.90. The lowest BCUT2D eigenvalue weighted by molar-refractivity contribution is -0.234. The first kappa shape index (κ1) is 9.19. The molecule has 3 heteroatoms. The first-order chi connectivity index (χ1) is 5.67. The van der Waals surface area contributed by atoms with Crippen LogP contribution < -0.4 is 0 Å². The van der Waals surface area contributed by atoms with Crippen LogP contribution in [0.15, 0.2) is 30.3 Å². The summed E-state index contributed by atoms with van der Waals surface area (Å²) in [4.78, 5) is 0. The number of aliphatic hydroxyl groups is 2. The van der Waals surface area contributed by atoms with Crippen LogP contribution in [0.5, 0.6) is 0 Å². The van der Waals surface area contributed by atoms with Crippen molar-refractivity contribution in [1.82, 2.24) is 0 Å². The van der Waals surface area contributed by atoms with E-state index in [-0.39, 0.29) is 0 Å². The number of hydrogen-bond donors (Lipinski definition) is 2. The van der Waals surface area contributed by atoms with Crippen LogP contribution in [0.4, 0.5) is 0 Å². The van der Waals surface area contributed by atoms with E-state index in [2.05, 4.69) is 0 Å². The summed E-state index contributed by atoms with van der Waals surface area (Å²) < 4.78 is 4.73. The summed E-state index contributed by atoms with van der Waals surface area (Å²) >= 11 is 0. The fraction of sp³-hybridized carbons (Fsp3) is 0.333. The van der Waals surface area contributed by atoms with E-state index in [0.29, 0.717) is 5.56 Å². The molecule has 1 aromatic rings. The second-order valence-corrected chi connectivity index (χ2v) is 2.62. The molecule has 0 aliphatic carbocycles. The van der Waals surface area contributed by atoms with E-state index in [1.54, 1.807) is 24.3 Å². The lowest BCUT2D eigenvalue weighted by atomic mass is 10.1. The van der Waals surface area contributed by atoms with Gasteiger partial charge in [-0.3, -0.25) is 0 Å². The largest absolute Gasteiger partial charge is 0.370 e. The first-order valence-corrected chi connectivity index (χ1v) is 3.69. The number of ether oxygens (including phenoxy) is 1. The molecule has 66 valence electrons. The Kier molecular flexibility index (Phi) is 2.81. The van der Waals surface area contributed by atoms with E-state index in [0.717, 1.165) is 0 Å². The third kappa shape index (κ3) is 2.04. The number of benzene rings is 1. The Morgan fingerprint density at radius 3 is 2.42 bits per heavy atom. The van der Waals surface area contributed by atoms with Crippen LogP contribution in [0.3, 0.4) is 0 Å². The quantitative estimate of drug-likeness (QED) is 0.657. The van der Waals surface area contributed by atoms with Crippen molar-refractivity contribution in [2.24, 2.45) is 0 Å². The maximum atomic E-state index is 9.60. The van der Waals surface area contributed by atoms with E-state index in [1.165, 1.54) is 6.92 Å². The number of hydrogen-bond acceptors (Lipinski definition) is 3. The summed E-state index contributed by atoms with van der Waals surface area (Å²) in [5.41, 5.74) is 0.624. The molecule has 0 heterocycles. The highest BCUT2D eigenvalue weighted by atomic mass is 16.7. The van der Waals surface area contributed by atoms with Crippen molar-refractivity contribution in [1.29, 1.82) is 0 Å². The molecule has 0 amide bonds. The third-order valence-corrected chi connectivity index (χ3v) is 1.66. The molecule has 2 N–H and O–H groups in total. The van der Waals surface area contributed by atoms with E-state index in [1.807, 2.05) is 6.07 Å². The van der Waals surface area contributed by atoms with Crippen LogP contribution in [-0.2, 0) is 10.5 Å². The molecular weight excluding hydrogens is 156 g/mol. The summed E-state index contributed by atoms with van der Waals surface area (Å²) in [7, 11) is 0. The fourth-order valence-corrected chi connectivity index (χ4v) is 0.956. The normalized spacial score (nSPS) is 15.6. The second kappa shape index (κ2) is 3.67. The van der Waals surface area contributed by atoms with Crippen molar-refractivity contribution in [3.8, 4) is 0 Å². The molecule has 1 unspecified atom stereocenters. The van der Waals surface area contributed by atoms with Gasteiger partial charge in [-0.05, 0) is 6.92 Å². The van der Waals surface area contributed by atoms with Gasteiger partial charge in [0.15, 0.2) is 5.79 Å². The lowest BCUT2D eigenvalue weighted by Gasteiger charge is -2.22. The Hall–Kier alpha value is -0.900. The molecule has 1 aromatic carbocycles. The van der Waals surface area contributed by atoms with Gasteiger partial charge in [-0.15, -0.1) is 0 Å². The van der Waals surface area contributed by atoms with Crippen LogP contribution in [0.2, 0.25) is 0 Å². The van der Waals surface area contributed by atoms with Crippen LogP contribution in [-0.4, -0.2) is 17.0 Å². The zero-order valence-electron chi connectivity index (χ0n) is 6.90. The van der Waals surface area contributed by atoms with Crippen LogP contribution in [0.25, 0.3) is 0 Å². The van der Waals surface area contributed by atoms with Crippen LogP contribution >= 0.6 is 0 Å². The minimum Gasteiger partial charge on any atom is -0.370 e. The summed E-state index contributed by atoms with van der Waals surface area (Å²) in [6.45, 7) is 0.987. The fourth-order valence-electron chi connectivity index (χ4n) is 0.956. The molecule has 12 heavy (non-hydrogen) atoms. The molecule has 1 atom stereocenters. The molecule has 0 aromatic heterocycles. The molecule has 3 nitrogen and oxygen atoms in total. The molecule has 0 spiro atoms. The highest BCUT2D eigenvalue weighted by Crippen LogP contribution is 2.20. The van der Waals surface area contributed by atoms with Crippen LogP contribution in [0, 0.1) is 0 Å². The molecule has 0 aliphatic rings. The lowest BCUT2D eigenvalue weighted by Crippen LogP contribution is -2.25. The minimum absolute atomic E-state index is 0.498. The van der Waals surface area contributed by atoms with Gasteiger partial charge in [-0.1, -0.05) is 30.3 Å². The Bertz CT molecular complexity index is 231. The van der Waals surface area contributed by atoms with Gasteiger partial charge in [-0.25, -0.2) is 0 Å². The first-order valence-electron chi connectivity index (χ1n) is 3.69. The summed E-state index contributed by atoms with van der Waals surface area (Å²) in [5, 5.41) is 18.1. The van der Waals surface area contributed by atoms with E-state index in [9.17, 15) is 5.11 Å². The third-order valence-electron chi connectivity index (χ3n) is 1.66. The van der Waals surface area contributed by atoms with Gasteiger partial charge >= 0.3 is 0 Å². The van der Waals surface area contributed by atoms with Crippen LogP contribution in [0.1, 0.15) is 12.5 Å². The monoisotopic (exact) mass is 168 g/mol. The Morgan fingerprint density at radius 2 is 1.92 bits per heavy atom. The molecule has 0 aliphatic heterocycles. The standard InChI is InChI=1S/C9H12O3/c1-9(11,12-7-10)8-5-3-2-4-6-8/h2-6,10-11H,7H2,1H3. The average molecular weight is 168 g/mol. The van der Waals surface area contributed by atoms with Gasteiger partial charge in [0.2, 0.25) is 0 Å². The van der Waals surface area contributed by atoms with Crippen molar-refractivity contribution < 1.29 is 14.9 Å². The van der Waals surface area contributed by atoms with Gasteiger partial charge in [0.1, 0.15) is 6.79 Å². The maximum Gasteiger partial charge on any atom is 0.192 e. The zero-order chi connectivity index (χ0) is 9.03. The second-order valence-electron chi connectivity index (χ2n) is 2.62. The smallest absolute Gasteiger partial charge is 0.192 e. The number of aliphatic hydroxyl groups excluding tert-OH is 1. The summed E-state index contributed by atoms with van der Waals surface area (Å²) in [6.07, 6.45) is 0. The van der Waals surface area contributed by atoms with Crippen molar-refractivity contribution >= 4 is 0 Å². The van der Waals surface area contributed by atoms with Crippen molar-refractivity contribution in [2.45, 2.75) is 12.7 Å². The predicted octanol–water partition coefficient (Wildman–Crippen LogP) is 0.818. The van der Waals surface area contributed by atoms with Gasteiger partial charge in [0.25, 0.3) is 0 Å². The molecular formula is C9H12O3. The maximum absolute atomic E-state index is 9.60. The number of rotatable bonds is 3. The Balaban J connectivity index is 2.82. The molecule has 1 rings (SSSR count). The molecule has 0 saturated carbocycles. The van der Waals surface area contributed by atoms with E-state index < -0.39 is 12.6 Å². The van der Waals surface area contributed by atoms with Crippen molar-refractivity contribution in [2.75, 3.05) is 6.79 Å². The van der Waals surface area contributed by atoms with Crippen molar-refractivity contribution in [3.63, 3.8) is 0 Å². The Morgan fingerprint density at radius 1 is 1.33 bits per heavy atom. The minimum atomic E-state index is -1.41. The van der Waals surface area contributed by atoms with E-state index in [4.69, 9.17) is 9.84 Å². The molecule has 0 bridgehead atoms. The SMILES string of the molecule is CC(O)(OCO)c1ccccc1. The molecule has 0 radical (unpaired) electrons. The highest BCUT2D eigenvalue weighted by Gasteiger charge is 2.22. The average Bonchev–Trinajstić information content (AvgIpc) is 2.06. The van der Waals surface area contributed by atoms with Gasteiger partial charge in [0.05, 0.1) is 0 Å².